The number of hydrogen-bond acceptors (Lipinski definition) is 3. The molecule has 194 valence electrons. The molecule has 0 saturated carbocycles. The molecule has 4 aromatic carbocycles. The van der Waals surface area contributed by atoms with Gasteiger partial charge in [0.2, 0.25) is 0 Å². The molecule has 7 aromatic rings. The van der Waals surface area contributed by atoms with E-state index in [4.69, 9.17) is 4.98 Å². The summed E-state index contributed by atoms with van der Waals surface area (Å²) in [5.74, 6) is 0. The summed E-state index contributed by atoms with van der Waals surface area (Å²) in [5, 5.41) is 0.997. The van der Waals surface area contributed by atoms with E-state index in [2.05, 4.69) is 9.97 Å². The van der Waals surface area contributed by atoms with Gasteiger partial charge in [-0.25, -0.2) is 9.78 Å². The van der Waals surface area contributed by atoms with Gasteiger partial charge in [-0.05, 0) is 61.4 Å². The van der Waals surface area contributed by atoms with Crippen molar-refractivity contribution in [2.75, 3.05) is 0 Å². The third-order valence-corrected chi connectivity index (χ3v) is 7.44. The Hall–Kier alpha value is -5.43. The smallest absolute Gasteiger partial charge is 0.331 e. The Kier molecular flexibility index (Phi) is 5.38. The van der Waals surface area contributed by atoms with Crippen LogP contribution in [-0.2, 0) is 0 Å². The van der Waals surface area contributed by atoms with E-state index in [-0.39, 0.29) is 11.2 Å². The molecule has 7 heteroatoms. The number of aromatic amines is 2. The number of H-pyrrole nitrogens is 2. The number of nitrogens with zero attached hydrogens (tertiary/aromatic N) is 3. The van der Waals surface area contributed by atoms with Gasteiger partial charge in [-0.2, -0.15) is 0 Å². The van der Waals surface area contributed by atoms with Gasteiger partial charge in [0.1, 0.15) is 0 Å². The van der Waals surface area contributed by atoms with Crippen LogP contribution in [0.5, 0.6) is 0 Å². The van der Waals surface area contributed by atoms with Crippen LogP contribution in [0.3, 0.4) is 0 Å². The average Bonchev–Trinajstić information content (AvgIpc) is 3.54. The highest BCUT2D eigenvalue weighted by atomic mass is 16.1. The highest BCUT2D eigenvalue weighted by Crippen LogP contribution is 2.26. The first-order chi connectivity index (χ1) is 19.5. The number of benzene rings is 4. The van der Waals surface area contributed by atoms with Gasteiger partial charge in [-0.1, -0.05) is 60.7 Å². The third kappa shape index (κ3) is 3.79. The Morgan fingerprint density at radius 1 is 0.750 bits per heavy atom. The molecular formula is C33H25N5O2. The molecule has 0 unspecified atom stereocenters. The molecule has 0 spiro atoms. The first kappa shape index (κ1) is 23.7. The van der Waals surface area contributed by atoms with Gasteiger partial charge in [0.15, 0.2) is 5.69 Å². The molecule has 7 nitrogen and oxygen atoms in total. The molecule has 40 heavy (non-hydrogen) atoms. The highest BCUT2D eigenvalue weighted by Gasteiger charge is 2.18. The molecule has 0 fully saturated rings. The summed E-state index contributed by atoms with van der Waals surface area (Å²) in [6, 6.07) is 31.0. The molecule has 0 aliphatic heterocycles. The zero-order valence-corrected chi connectivity index (χ0v) is 22.0. The van der Waals surface area contributed by atoms with Crippen LogP contribution in [0.1, 0.15) is 16.7 Å². The number of hydrogen-bond donors (Lipinski definition) is 2. The van der Waals surface area contributed by atoms with Crippen LogP contribution in [-0.4, -0.2) is 24.1 Å². The second-order valence-corrected chi connectivity index (χ2v) is 9.99. The highest BCUT2D eigenvalue weighted by molar-refractivity contribution is 5.90. The van der Waals surface area contributed by atoms with Gasteiger partial charge in [0.05, 0.1) is 33.5 Å². The minimum absolute atomic E-state index is 0.287. The summed E-state index contributed by atoms with van der Waals surface area (Å²) in [7, 11) is 0. The quantitative estimate of drug-likeness (QED) is 0.283. The average molecular weight is 524 g/mol. The van der Waals surface area contributed by atoms with Gasteiger partial charge in [-0.15, -0.1) is 0 Å². The summed E-state index contributed by atoms with van der Waals surface area (Å²) in [6.45, 7) is 4.05. The number of fused-ring (bicyclic) bond motifs is 3. The molecule has 0 radical (unpaired) electrons. The molecule has 0 aliphatic rings. The monoisotopic (exact) mass is 523 g/mol. The Labute approximate surface area is 228 Å². The molecule has 0 aliphatic carbocycles. The lowest BCUT2D eigenvalue weighted by Crippen LogP contribution is -2.23. The lowest BCUT2D eigenvalue weighted by atomic mass is 10.1. The molecule has 7 rings (SSSR count). The molecule has 3 aromatic heterocycles. The lowest BCUT2D eigenvalue weighted by Gasteiger charge is -2.14. The van der Waals surface area contributed by atoms with Crippen LogP contribution in [0.2, 0.25) is 0 Å². The van der Waals surface area contributed by atoms with E-state index in [1.165, 1.54) is 0 Å². The van der Waals surface area contributed by atoms with Crippen LogP contribution in [0.25, 0.3) is 56.3 Å². The minimum atomic E-state index is -0.288. The summed E-state index contributed by atoms with van der Waals surface area (Å²) in [6.07, 6.45) is 1.75. The zero-order chi connectivity index (χ0) is 27.4. The number of imidazole rings is 1. The van der Waals surface area contributed by atoms with Crippen LogP contribution < -0.4 is 11.2 Å². The maximum Gasteiger partial charge on any atom is 0.331 e. The van der Waals surface area contributed by atoms with Gasteiger partial charge < -0.3 is 9.97 Å². The van der Waals surface area contributed by atoms with Crippen LogP contribution in [0.4, 0.5) is 0 Å². The maximum atomic E-state index is 14.3. The van der Waals surface area contributed by atoms with E-state index in [0.717, 1.165) is 33.1 Å². The largest absolute Gasteiger partial charge is 0.353 e. The number of aromatic nitrogens is 5. The van der Waals surface area contributed by atoms with E-state index in [0.29, 0.717) is 33.6 Å². The standard InChI is InChI=1S/C33H25N5O2/c1-20-16-26-29(17-21(20)2)37(32(39)31(35-26)27-18-23-12-6-7-13-24(23)34-27)19-30(22-10-4-3-5-11-22)38-28-15-9-8-14-25(28)36-33(38)40/h3-19,34H,1-2H3,(H,36,40)/b30-19-. The predicted molar refractivity (Wildman–Crippen MR) is 161 cm³/mol. The number of aryl methyl sites for hydroxylation is 2. The van der Waals surface area contributed by atoms with Crippen molar-refractivity contribution in [3.8, 4) is 11.4 Å². The summed E-state index contributed by atoms with van der Waals surface area (Å²) in [5.41, 5.74) is 7.56. The van der Waals surface area contributed by atoms with E-state index in [1.54, 1.807) is 15.3 Å². The normalized spacial score (nSPS) is 12.1. The second kappa shape index (κ2) is 9.10. The Morgan fingerprint density at radius 3 is 2.25 bits per heavy atom. The molecule has 0 bridgehead atoms. The van der Waals surface area contributed by atoms with E-state index >= 15 is 0 Å². The van der Waals surface area contributed by atoms with Crippen LogP contribution in [0.15, 0.2) is 107 Å². The van der Waals surface area contributed by atoms with Crippen LogP contribution >= 0.6 is 0 Å². The number of rotatable bonds is 4. The SMILES string of the molecule is Cc1cc2nc(-c3cc4ccccc4[nH]3)c(=O)n(/C=C(/c3ccccc3)n3c(=O)[nH]c4ccccc43)c2cc1C. The Bertz CT molecular complexity index is 2200. The Morgan fingerprint density at radius 2 is 1.45 bits per heavy atom. The van der Waals surface area contributed by atoms with Crippen molar-refractivity contribution < 1.29 is 0 Å². The van der Waals surface area contributed by atoms with Crippen LogP contribution in [0, 0.1) is 13.8 Å². The van der Waals surface area contributed by atoms with Crippen molar-refractivity contribution in [3.05, 3.63) is 135 Å². The van der Waals surface area contributed by atoms with Crippen molar-refractivity contribution in [1.29, 1.82) is 0 Å². The topological polar surface area (TPSA) is 88.5 Å². The first-order valence-electron chi connectivity index (χ1n) is 13.1. The van der Waals surface area contributed by atoms with Crippen molar-refractivity contribution in [1.82, 2.24) is 24.1 Å². The number of para-hydroxylation sites is 3. The summed E-state index contributed by atoms with van der Waals surface area (Å²) < 4.78 is 3.24. The molecule has 3 heterocycles. The molecule has 2 N–H and O–H groups in total. The van der Waals surface area contributed by atoms with Crippen molar-refractivity contribution in [3.63, 3.8) is 0 Å². The van der Waals surface area contributed by atoms with Crippen molar-refractivity contribution in [2.24, 2.45) is 0 Å². The molecule has 0 saturated heterocycles. The van der Waals surface area contributed by atoms with Gasteiger partial charge >= 0.3 is 5.69 Å². The first-order valence-corrected chi connectivity index (χ1v) is 13.1. The fourth-order valence-corrected chi connectivity index (χ4v) is 5.25. The molecular weight excluding hydrogens is 498 g/mol. The summed E-state index contributed by atoms with van der Waals surface area (Å²) in [4.78, 5) is 38.8. The van der Waals surface area contributed by atoms with E-state index in [9.17, 15) is 9.59 Å². The van der Waals surface area contributed by atoms with Gasteiger partial charge in [0.25, 0.3) is 5.56 Å². The number of nitrogens with one attached hydrogen (secondary N) is 2. The lowest BCUT2D eigenvalue weighted by molar-refractivity contribution is 1.02. The molecule has 0 atom stereocenters. The fraction of sp³-hybridized carbons (Fsp3) is 0.0606. The maximum absolute atomic E-state index is 14.3. The second-order valence-electron chi connectivity index (χ2n) is 9.99. The zero-order valence-electron chi connectivity index (χ0n) is 22.0. The fourth-order valence-electron chi connectivity index (χ4n) is 5.25. The van der Waals surface area contributed by atoms with E-state index < -0.39 is 0 Å². The predicted octanol–water partition coefficient (Wildman–Crippen LogP) is 6.31. The van der Waals surface area contributed by atoms with E-state index in [1.807, 2.05) is 111 Å². The van der Waals surface area contributed by atoms with Gasteiger partial charge in [0, 0.05) is 22.7 Å². The minimum Gasteiger partial charge on any atom is -0.353 e. The molecule has 0 amide bonds. The van der Waals surface area contributed by atoms with Crippen molar-refractivity contribution in [2.45, 2.75) is 13.8 Å². The Balaban J connectivity index is 1.59. The van der Waals surface area contributed by atoms with Crippen molar-refractivity contribution >= 4 is 44.9 Å². The van der Waals surface area contributed by atoms with Gasteiger partial charge in [-0.3, -0.25) is 13.9 Å². The summed E-state index contributed by atoms with van der Waals surface area (Å²) >= 11 is 0. The third-order valence-electron chi connectivity index (χ3n) is 7.44.